The molecule has 0 atom stereocenters. The van der Waals surface area contributed by atoms with Crippen LogP contribution in [0.1, 0.15) is 25.0 Å². The zero-order valence-electron chi connectivity index (χ0n) is 38.9. The van der Waals surface area contributed by atoms with Crippen LogP contribution in [0, 0.1) is 0 Å². The third-order valence-electron chi connectivity index (χ3n) is 14.9. The molecule has 328 valence electrons. The lowest BCUT2D eigenvalue weighted by Gasteiger charge is -2.21. The van der Waals surface area contributed by atoms with Crippen LogP contribution in [0.25, 0.3) is 128 Å². The third kappa shape index (κ3) is 6.28. The lowest BCUT2D eigenvalue weighted by molar-refractivity contribution is 0.660. The monoisotopic (exact) mass is 891 g/mol. The van der Waals surface area contributed by atoms with Crippen LogP contribution in [0.2, 0.25) is 0 Å². The average molecular weight is 892 g/mol. The van der Waals surface area contributed by atoms with Gasteiger partial charge in [0.15, 0.2) is 5.82 Å². The fourth-order valence-electron chi connectivity index (χ4n) is 11.5. The smallest absolute Gasteiger partial charge is 0.160 e. The molecular weight excluding hydrogens is 847 g/mol. The molecule has 3 heterocycles. The zero-order valence-corrected chi connectivity index (χ0v) is 38.9. The molecule has 0 N–H and O–H groups in total. The van der Waals surface area contributed by atoms with Gasteiger partial charge in [0.2, 0.25) is 0 Å². The van der Waals surface area contributed by atoms with Crippen molar-refractivity contribution in [2.24, 2.45) is 0 Å². The summed E-state index contributed by atoms with van der Waals surface area (Å²) >= 11 is 0. The van der Waals surface area contributed by atoms with Gasteiger partial charge >= 0.3 is 0 Å². The van der Waals surface area contributed by atoms with Gasteiger partial charge in [-0.25, -0.2) is 9.97 Å². The molecule has 0 aliphatic heterocycles. The molecule has 0 radical (unpaired) electrons. The van der Waals surface area contributed by atoms with Gasteiger partial charge in [-0.1, -0.05) is 214 Å². The van der Waals surface area contributed by atoms with E-state index in [-0.39, 0.29) is 5.41 Å². The Morgan fingerprint density at radius 2 is 0.757 bits per heavy atom. The van der Waals surface area contributed by atoms with Crippen molar-refractivity contribution in [1.29, 1.82) is 0 Å². The van der Waals surface area contributed by atoms with Crippen molar-refractivity contribution in [3.63, 3.8) is 0 Å². The highest BCUT2D eigenvalue weighted by molar-refractivity contribution is 6.25. The number of hydrogen-bond donors (Lipinski definition) is 0. The summed E-state index contributed by atoms with van der Waals surface area (Å²) in [6.07, 6.45) is 0. The van der Waals surface area contributed by atoms with Crippen LogP contribution in [-0.2, 0) is 5.41 Å². The molecule has 70 heavy (non-hydrogen) atoms. The molecule has 1 aliphatic rings. The quantitative estimate of drug-likeness (QED) is 0.160. The first kappa shape index (κ1) is 40.2. The number of fused-ring (bicyclic) bond motifs is 9. The first-order valence-electron chi connectivity index (χ1n) is 24.2. The predicted octanol–water partition coefficient (Wildman–Crippen LogP) is 17.6. The normalized spacial score (nSPS) is 12.8. The second-order valence-corrected chi connectivity index (χ2v) is 19.3. The standard InChI is InChI=1S/C67H45N3/c1-67(2)59-34-31-48(38-57(59)58-39-51(32-35-60(58)67)62-41-61(43-18-8-4-9-19-43)68-66(69-62)44-20-10-5-11-21-44)47-24-13-25-50(37-47)52-26-14-28-55-56-29-15-27-54-53-33-30-49(40-63(53)70(64(52)55)65(54)56)46-23-12-22-45(36-46)42-16-6-3-7-17-42/h3-41H,1-2H3. The van der Waals surface area contributed by atoms with Crippen molar-refractivity contribution in [2.45, 2.75) is 19.3 Å². The molecule has 3 nitrogen and oxygen atoms in total. The highest BCUT2D eigenvalue weighted by Gasteiger charge is 2.36. The van der Waals surface area contributed by atoms with Gasteiger partial charge in [0.25, 0.3) is 0 Å². The largest absolute Gasteiger partial charge is 0.307 e. The molecule has 0 unspecified atom stereocenters. The van der Waals surface area contributed by atoms with Crippen molar-refractivity contribution >= 4 is 38.1 Å². The van der Waals surface area contributed by atoms with Crippen LogP contribution < -0.4 is 0 Å². The lowest BCUT2D eigenvalue weighted by Crippen LogP contribution is -2.14. The van der Waals surface area contributed by atoms with Crippen LogP contribution in [-0.4, -0.2) is 14.4 Å². The van der Waals surface area contributed by atoms with Crippen LogP contribution in [0.4, 0.5) is 0 Å². The van der Waals surface area contributed by atoms with E-state index in [1.807, 2.05) is 24.3 Å². The van der Waals surface area contributed by atoms with Crippen molar-refractivity contribution in [3.05, 3.63) is 248 Å². The Morgan fingerprint density at radius 3 is 1.44 bits per heavy atom. The van der Waals surface area contributed by atoms with Gasteiger partial charge in [-0.3, -0.25) is 0 Å². The molecule has 3 aromatic heterocycles. The molecule has 0 amide bonds. The predicted molar refractivity (Wildman–Crippen MR) is 292 cm³/mol. The van der Waals surface area contributed by atoms with Crippen LogP contribution in [0.3, 0.4) is 0 Å². The van der Waals surface area contributed by atoms with Crippen molar-refractivity contribution < 1.29 is 0 Å². The molecule has 0 saturated carbocycles. The average Bonchev–Trinajstić information content (AvgIpc) is 4.03. The van der Waals surface area contributed by atoms with Crippen LogP contribution in [0.5, 0.6) is 0 Å². The maximum Gasteiger partial charge on any atom is 0.160 e. The molecule has 0 saturated heterocycles. The summed E-state index contributed by atoms with van der Waals surface area (Å²) in [6, 6.07) is 86.2. The van der Waals surface area contributed by atoms with Gasteiger partial charge in [-0.05, 0) is 97.6 Å². The van der Waals surface area contributed by atoms with Gasteiger partial charge in [0.1, 0.15) is 0 Å². The molecule has 1 aliphatic carbocycles. The third-order valence-corrected chi connectivity index (χ3v) is 14.9. The number of hydrogen-bond acceptors (Lipinski definition) is 2. The summed E-state index contributed by atoms with van der Waals surface area (Å²) in [5, 5.41) is 5.10. The maximum atomic E-state index is 5.20. The molecule has 10 aromatic carbocycles. The zero-order chi connectivity index (χ0) is 46.5. The molecular formula is C67H45N3. The Hall–Kier alpha value is -8.92. The van der Waals surface area contributed by atoms with Gasteiger partial charge in [0, 0.05) is 49.2 Å². The molecule has 13 aromatic rings. The maximum absolute atomic E-state index is 5.20. The first-order chi connectivity index (χ1) is 34.4. The van der Waals surface area contributed by atoms with E-state index in [0.717, 1.165) is 33.9 Å². The number of aromatic nitrogens is 3. The molecule has 14 rings (SSSR count). The first-order valence-corrected chi connectivity index (χ1v) is 24.2. The Bertz CT molecular complexity index is 4130. The second kappa shape index (κ2) is 15.6. The van der Waals surface area contributed by atoms with Crippen molar-refractivity contribution in [1.82, 2.24) is 14.4 Å². The minimum Gasteiger partial charge on any atom is -0.307 e. The fourth-order valence-corrected chi connectivity index (χ4v) is 11.5. The molecule has 3 heteroatoms. The summed E-state index contributed by atoms with van der Waals surface area (Å²) in [7, 11) is 0. The van der Waals surface area contributed by atoms with E-state index in [2.05, 4.69) is 231 Å². The minimum absolute atomic E-state index is 0.158. The highest BCUT2D eigenvalue weighted by Crippen LogP contribution is 2.51. The molecule has 0 spiro atoms. The Labute approximate surface area is 407 Å². The van der Waals surface area contributed by atoms with E-state index in [1.165, 1.54) is 105 Å². The van der Waals surface area contributed by atoms with Crippen LogP contribution in [0.15, 0.2) is 237 Å². The number of rotatable bonds is 7. The topological polar surface area (TPSA) is 30.2 Å². The van der Waals surface area contributed by atoms with E-state index in [9.17, 15) is 0 Å². The fraction of sp³-hybridized carbons (Fsp3) is 0.0448. The summed E-state index contributed by atoms with van der Waals surface area (Å²) in [5.74, 6) is 0.720. The van der Waals surface area contributed by atoms with E-state index >= 15 is 0 Å². The Balaban J connectivity index is 0.885. The number of para-hydroxylation sites is 2. The SMILES string of the molecule is CC1(C)c2ccc(-c3cccc(-c4cccc5c6cccc7c8ccc(-c9cccc(-c%10ccccc%10)c9)cc8n(c45)c76)c3)cc2-c2cc(-c3cc(-c4ccccc4)nc(-c4ccccc4)n3)ccc21. The number of nitrogens with zero attached hydrogens (tertiary/aromatic N) is 3. The van der Waals surface area contributed by atoms with E-state index in [4.69, 9.17) is 9.97 Å². The second-order valence-electron chi connectivity index (χ2n) is 19.3. The Kier molecular flexibility index (Phi) is 8.93. The van der Waals surface area contributed by atoms with E-state index in [1.54, 1.807) is 0 Å². The van der Waals surface area contributed by atoms with Crippen molar-refractivity contribution in [3.8, 4) is 89.5 Å². The van der Waals surface area contributed by atoms with E-state index in [0.29, 0.717) is 0 Å². The minimum atomic E-state index is -0.158. The van der Waals surface area contributed by atoms with Gasteiger partial charge in [-0.2, -0.15) is 0 Å². The molecule has 0 fully saturated rings. The summed E-state index contributed by atoms with van der Waals surface area (Å²) < 4.78 is 2.54. The Morgan fingerprint density at radius 1 is 0.300 bits per heavy atom. The van der Waals surface area contributed by atoms with Gasteiger partial charge in [-0.15, -0.1) is 0 Å². The lowest BCUT2D eigenvalue weighted by atomic mass is 9.82. The molecule has 0 bridgehead atoms. The van der Waals surface area contributed by atoms with Crippen molar-refractivity contribution in [2.75, 3.05) is 0 Å². The van der Waals surface area contributed by atoms with Gasteiger partial charge in [0.05, 0.1) is 27.9 Å². The van der Waals surface area contributed by atoms with Gasteiger partial charge < -0.3 is 4.40 Å². The van der Waals surface area contributed by atoms with E-state index < -0.39 is 0 Å². The summed E-state index contributed by atoms with van der Waals surface area (Å²) in [5.41, 5.74) is 23.4. The van der Waals surface area contributed by atoms with Crippen LogP contribution >= 0.6 is 0 Å². The summed E-state index contributed by atoms with van der Waals surface area (Å²) in [6.45, 7) is 4.70. The number of benzene rings is 10. The highest BCUT2D eigenvalue weighted by atomic mass is 14.9. The summed E-state index contributed by atoms with van der Waals surface area (Å²) in [4.78, 5) is 10.3.